The van der Waals surface area contributed by atoms with E-state index in [-0.39, 0.29) is 23.5 Å². The molecular weight excluding hydrogens is 304 g/mol. The van der Waals surface area contributed by atoms with E-state index in [1.54, 1.807) is 6.92 Å². The van der Waals surface area contributed by atoms with Gasteiger partial charge in [-0.2, -0.15) is 0 Å². The third kappa shape index (κ3) is 12.0. The number of hydrogen-bond donors (Lipinski definition) is 0. The molecule has 0 aromatic carbocycles. The molecule has 0 aromatic rings. The number of hydrogen-bond acceptors (Lipinski definition) is 4. The van der Waals surface area contributed by atoms with Crippen molar-refractivity contribution in [1.29, 1.82) is 0 Å². The van der Waals surface area contributed by atoms with E-state index in [0.29, 0.717) is 18.6 Å². The van der Waals surface area contributed by atoms with Gasteiger partial charge in [0.25, 0.3) is 0 Å². The van der Waals surface area contributed by atoms with E-state index in [0.717, 1.165) is 25.7 Å². The zero-order chi connectivity index (χ0) is 18.4. The molecule has 0 aliphatic rings. The number of Topliss-reactive ketones (excluding diaryl/α,β-unsaturated/α-hetero) is 2. The predicted octanol–water partition coefficient (Wildman–Crippen LogP) is 4.80. The molecule has 0 unspecified atom stereocenters. The molecule has 24 heavy (non-hydrogen) atoms. The van der Waals surface area contributed by atoms with Crippen LogP contribution in [0.2, 0.25) is 0 Å². The van der Waals surface area contributed by atoms with Crippen LogP contribution in [0.25, 0.3) is 0 Å². The van der Waals surface area contributed by atoms with Gasteiger partial charge in [-0.25, -0.2) is 4.79 Å². The summed E-state index contributed by atoms with van der Waals surface area (Å²) < 4.78 is 5.04. The fraction of sp³-hybridized carbons (Fsp3) is 0.750. The second-order valence-corrected chi connectivity index (χ2v) is 6.66. The first-order valence-electron chi connectivity index (χ1n) is 9.19. The molecule has 0 atom stereocenters. The zero-order valence-electron chi connectivity index (χ0n) is 15.7. The Morgan fingerprint density at radius 3 is 1.58 bits per heavy atom. The van der Waals surface area contributed by atoms with Gasteiger partial charge in [-0.1, -0.05) is 57.9 Å². The quantitative estimate of drug-likeness (QED) is 0.186. The van der Waals surface area contributed by atoms with Crippen molar-refractivity contribution in [3.05, 3.63) is 12.2 Å². The number of unbranched alkanes of at least 4 members (excludes halogenated alkanes) is 8. The van der Waals surface area contributed by atoms with Crippen molar-refractivity contribution >= 4 is 17.5 Å². The van der Waals surface area contributed by atoms with Gasteiger partial charge in [0.2, 0.25) is 0 Å². The number of ketones is 2. The first-order chi connectivity index (χ1) is 11.4. The van der Waals surface area contributed by atoms with E-state index in [1.165, 1.54) is 46.0 Å². The lowest BCUT2D eigenvalue weighted by Crippen LogP contribution is -2.19. The molecule has 4 heteroatoms. The second kappa shape index (κ2) is 13.9. The van der Waals surface area contributed by atoms with Gasteiger partial charge in [-0.3, -0.25) is 9.59 Å². The molecule has 0 aliphatic heterocycles. The molecular formula is C20H34O4. The highest BCUT2D eigenvalue weighted by Gasteiger charge is 2.18. The number of ether oxygens (including phenoxy) is 1. The smallest absolute Gasteiger partial charge is 0.333 e. The lowest BCUT2D eigenvalue weighted by Gasteiger charge is -2.09. The maximum Gasteiger partial charge on any atom is 0.333 e. The van der Waals surface area contributed by atoms with Crippen molar-refractivity contribution < 1.29 is 19.1 Å². The molecule has 0 saturated carbocycles. The minimum absolute atomic E-state index is 0.00331. The Bertz CT molecular complexity index is 398. The van der Waals surface area contributed by atoms with Crippen LogP contribution in [0.15, 0.2) is 12.2 Å². The van der Waals surface area contributed by atoms with Crippen LogP contribution in [0.5, 0.6) is 0 Å². The van der Waals surface area contributed by atoms with Crippen LogP contribution >= 0.6 is 0 Å². The fourth-order valence-electron chi connectivity index (χ4n) is 2.67. The van der Waals surface area contributed by atoms with Gasteiger partial charge in [-0.05, 0) is 33.6 Å². The van der Waals surface area contributed by atoms with Crippen molar-refractivity contribution in [2.24, 2.45) is 5.92 Å². The third-order valence-electron chi connectivity index (χ3n) is 4.20. The topological polar surface area (TPSA) is 60.4 Å². The Labute approximate surface area is 147 Å². The monoisotopic (exact) mass is 338 g/mol. The maximum absolute atomic E-state index is 11.3. The normalized spacial score (nSPS) is 10.7. The van der Waals surface area contributed by atoms with Gasteiger partial charge < -0.3 is 4.74 Å². The van der Waals surface area contributed by atoms with Crippen molar-refractivity contribution in [3.8, 4) is 0 Å². The van der Waals surface area contributed by atoms with Crippen LogP contribution in [0.1, 0.15) is 85.0 Å². The average Bonchev–Trinajstić information content (AvgIpc) is 2.50. The van der Waals surface area contributed by atoms with Crippen LogP contribution in [-0.2, 0) is 19.1 Å². The van der Waals surface area contributed by atoms with Gasteiger partial charge >= 0.3 is 5.97 Å². The van der Waals surface area contributed by atoms with E-state index in [9.17, 15) is 14.4 Å². The Kier molecular flexibility index (Phi) is 13.1. The SMILES string of the molecule is C=C(C)C(=O)OCCCCCCCCCCCC(C(C)=O)C(C)=O. The van der Waals surface area contributed by atoms with Gasteiger partial charge in [-0.15, -0.1) is 0 Å². The Balaban J connectivity index is 3.37. The standard InChI is InChI=1S/C20H34O4/c1-16(2)20(23)24-15-13-11-9-7-5-6-8-10-12-14-19(17(3)21)18(4)22/h19H,1,5-15H2,2-4H3. The van der Waals surface area contributed by atoms with Crippen LogP contribution in [0.4, 0.5) is 0 Å². The summed E-state index contributed by atoms with van der Waals surface area (Å²) in [6, 6.07) is 0. The number of carbonyl (C=O) groups excluding carboxylic acids is 3. The molecule has 0 spiro atoms. The molecule has 0 bridgehead atoms. The lowest BCUT2D eigenvalue weighted by molar-refractivity contribution is -0.139. The van der Waals surface area contributed by atoms with Crippen LogP contribution in [-0.4, -0.2) is 24.1 Å². The summed E-state index contributed by atoms with van der Waals surface area (Å²) in [5.74, 6) is -0.691. The summed E-state index contributed by atoms with van der Waals surface area (Å²) in [4.78, 5) is 33.8. The van der Waals surface area contributed by atoms with Crippen molar-refractivity contribution in [2.45, 2.75) is 85.0 Å². The molecule has 4 nitrogen and oxygen atoms in total. The first-order valence-corrected chi connectivity index (χ1v) is 9.19. The Morgan fingerprint density at radius 2 is 1.17 bits per heavy atom. The number of carbonyl (C=O) groups is 3. The average molecular weight is 338 g/mol. The molecule has 0 saturated heterocycles. The third-order valence-corrected chi connectivity index (χ3v) is 4.20. The first kappa shape index (κ1) is 22.6. The Hall–Kier alpha value is -1.45. The van der Waals surface area contributed by atoms with Gasteiger partial charge in [0.1, 0.15) is 11.6 Å². The van der Waals surface area contributed by atoms with E-state index in [1.807, 2.05) is 0 Å². The second-order valence-electron chi connectivity index (χ2n) is 6.66. The largest absolute Gasteiger partial charge is 0.462 e. The van der Waals surface area contributed by atoms with E-state index >= 15 is 0 Å². The van der Waals surface area contributed by atoms with Crippen molar-refractivity contribution in [3.63, 3.8) is 0 Å². The summed E-state index contributed by atoms with van der Waals surface area (Å²) >= 11 is 0. The molecule has 0 fully saturated rings. The summed E-state index contributed by atoms with van der Waals surface area (Å²) in [5.41, 5.74) is 0.452. The maximum atomic E-state index is 11.3. The summed E-state index contributed by atoms with van der Waals surface area (Å²) in [7, 11) is 0. The van der Waals surface area contributed by atoms with E-state index in [4.69, 9.17) is 4.74 Å². The molecule has 0 aromatic heterocycles. The molecule has 0 N–H and O–H groups in total. The van der Waals surface area contributed by atoms with Crippen LogP contribution in [0.3, 0.4) is 0 Å². The highest BCUT2D eigenvalue weighted by atomic mass is 16.5. The molecule has 0 amide bonds. The fourth-order valence-corrected chi connectivity index (χ4v) is 2.67. The number of rotatable bonds is 15. The Morgan fingerprint density at radius 1 is 0.750 bits per heavy atom. The van der Waals surface area contributed by atoms with Crippen molar-refractivity contribution in [2.75, 3.05) is 6.61 Å². The lowest BCUT2D eigenvalue weighted by atomic mass is 9.93. The van der Waals surface area contributed by atoms with E-state index in [2.05, 4.69) is 6.58 Å². The summed E-state index contributed by atoms with van der Waals surface area (Å²) in [6.45, 7) is 8.70. The predicted molar refractivity (Wildman–Crippen MR) is 96.8 cm³/mol. The summed E-state index contributed by atoms with van der Waals surface area (Å²) in [5, 5.41) is 0. The van der Waals surface area contributed by atoms with Crippen LogP contribution < -0.4 is 0 Å². The van der Waals surface area contributed by atoms with E-state index < -0.39 is 0 Å². The van der Waals surface area contributed by atoms with Crippen LogP contribution in [0, 0.1) is 5.92 Å². The molecule has 0 heterocycles. The number of esters is 1. The summed E-state index contributed by atoms with van der Waals surface area (Å²) in [6.07, 6.45) is 10.7. The van der Waals surface area contributed by atoms with Gasteiger partial charge in [0.05, 0.1) is 12.5 Å². The van der Waals surface area contributed by atoms with Gasteiger partial charge in [0, 0.05) is 5.57 Å². The highest BCUT2D eigenvalue weighted by Crippen LogP contribution is 2.15. The zero-order valence-corrected chi connectivity index (χ0v) is 15.7. The minimum Gasteiger partial charge on any atom is -0.462 e. The van der Waals surface area contributed by atoms with Crippen molar-refractivity contribution in [1.82, 2.24) is 0 Å². The molecule has 0 rings (SSSR count). The molecule has 0 aliphatic carbocycles. The molecule has 0 radical (unpaired) electrons. The van der Waals surface area contributed by atoms with Gasteiger partial charge in [0.15, 0.2) is 0 Å². The highest BCUT2D eigenvalue weighted by molar-refractivity contribution is 6.00. The minimum atomic E-state index is -0.385. The molecule has 138 valence electrons.